The van der Waals surface area contributed by atoms with Crippen LogP contribution in [0.3, 0.4) is 0 Å². The van der Waals surface area contributed by atoms with Crippen molar-refractivity contribution < 1.29 is 19.1 Å². The summed E-state index contributed by atoms with van der Waals surface area (Å²) in [5.74, 6) is -0.690. The van der Waals surface area contributed by atoms with Gasteiger partial charge in [-0.15, -0.1) is 11.3 Å². The maximum Gasteiger partial charge on any atom is 0.334 e. The van der Waals surface area contributed by atoms with Crippen LogP contribution >= 0.6 is 30.5 Å². The minimum absolute atomic E-state index is 0.520. The predicted octanol–water partition coefficient (Wildman–Crippen LogP) is 4.74. The first-order chi connectivity index (χ1) is 12.3. The number of hydrogen-bond donors (Lipinski definition) is 2. The van der Waals surface area contributed by atoms with E-state index in [-0.39, 0.29) is 0 Å². The molecule has 0 fully saturated rings. The Kier molecular flexibility index (Phi) is 5.61. The molecule has 0 aliphatic rings. The molecule has 8 heteroatoms. The molecule has 0 unspecified atom stereocenters. The van der Waals surface area contributed by atoms with Crippen molar-refractivity contribution in [2.45, 2.75) is 0 Å². The van der Waals surface area contributed by atoms with Gasteiger partial charge in [0.15, 0.2) is 0 Å². The molecule has 0 bridgehead atoms. The molecule has 0 aliphatic heterocycles. The van der Waals surface area contributed by atoms with Gasteiger partial charge in [-0.2, -0.15) is 0 Å². The SMILES string of the molecule is O=C(CP(=O)(O)O)N(/C=C/c1ccccc1)c1csc2ccc(Cl)cc12. The first kappa shape index (κ1) is 18.8. The zero-order chi connectivity index (χ0) is 18.7. The van der Waals surface area contributed by atoms with E-state index in [9.17, 15) is 19.1 Å². The summed E-state index contributed by atoms with van der Waals surface area (Å²) < 4.78 is 12.2. The summed E-state index contributed by atoms with van der Waals surface area (Å²) in [5, 5.41) is 3.04. The van der Waals surface area contributed by atoms with Gasteiger partial charge in [0, 0.05) is 26.7 Å². The van der Waals surface area contributed by atoms with E-state index < -0.39 is 19.7 Å². The summed E-state index contributed by atoms with van der Waals surface area (Å²) in [7, 11) is -4.49. The molecule has 26 heavy (non-hydrogen) atoms. The average Bonchev–Trinajstić information content (AvgIpc) is 2.97. The Balaban J connectivity index is 2.04. The van der Waals surface area contributed by atoms with Gasteiger partial charge >= 0.3 is 7.60 Å². The Labute approximate surface area is 159 Å². The highest BCUT2D eigenvalue weighted by Gasteiger charge is 2.25. The summed E-state index contributed by atoms with van der Waals surface area (Å²) in [6.07, 6.45) is 2.37. The molecule has 3 aromatic rings. The second-order valence-corrected chi connectivity index (χ2v) is 8.57. The van der Waals surface area contributed by atoms with Gasteiger partial charge in [-0.05, 0) is 29.8 Å². The topological polar surface area (TPSA) is 77.8 Å². The number of anilines is 1. The molecule has 0 atom stereocenters. The van der Waals surface area contributed by atoms with Crippen LogP contribution in [-0.2, 0) is 9.36 Å². The molecule has 2 N–H and O–H groups in total. The quantitative estimate of drug-likeness (QED) is 0.599. The summed E-state index contributed by atoms with van der Waals surface area (Å²) in [6.45, 7) is 0. The Hall–Kier alpha value is -1.95. The van der Waals surface area contributed by atoms with Crippen molar-refractivity contribution in [1.82, 2.24) is 0 Å². The molecule has 3 rings (SSSR count). The fraction of sp³-hybridized carbons (Fsp3) is 0.0556. The van der Waals surface area contributed by atoms with Gasteiger partial charge in [0.2, 0.25) is 5.91 Å². The fourth-order valence-corrected chi connectivity index (χ4v) is 4.04. The lowest BCUT2D eigenvalue weighted by atomic mass is 10.2. The molecule has 0 aliphatic carbocycles. The molecule has 0 saturated heterocycles. The monoisotopic (exact) mass is 407 g/mol. The average molecular weight is 408 g/mol. The molecule has 1 amide bonds. The van der Waals surface area contributed by atoms with Gasteiger partial charge < -0.3 is 9.79 Å². The van der Waals surface area contributed by atoms with Crippen molar-refractivity contribution >= 4 is 58.3 Å². The zero-order valence-corrected chi connectivity index (χ0v) is 15.9. The van der Waals surface area contributed by atoms with E-state index in [1.165, 1.54) is 22.4 Å². The van der Waals surface area contributed by atoms with Gasteiger partial charge in [0.25, 0.3) is 0 Å². The van der Waals surface area contributed by atoms with Crippen molar-refractivity contribution in [3.8, 4) is 0 Å². The van der Waals surface area contributed by atoms with Crippen LogP contribution in [-0.4, -0.2) is 21.9 Å². The first-order valence-electron chi connectivity index (χ1n) is 7.60. The van der Waals surface area contributed by atoms with Crippen molar-refractivity contribution in [3.63, 3.8) is 0 Å². The highest BCUT2D eigenvalue weighted by molar-refractivity contribution is 7.52. The highest BCUT2D eigenvalue weighted by atomic mass is 35.5. The summed E-state index contributed by atoms with van der Waals surface area (Å²) in [6, 6.07) is 14.7. The van der Waals surface area contributed by atoms with Gasteiger partial charge in [-0.3, -0.25) is 14.3 Å². The third-order valence-corrected chi connectivity index (χ3v) is 5.47. The van der Waals surface area contributed by atoms with Gasteiger partial charge in [-0.25, -0.2) is 0 Å². The number of amides is 1. The second-order valence-electron chi connectivity index (χ2n) is 5.57. The van der Waals surface area contributed by atoms with E-state index in [1.807, 2.05) is 36.4 Å². The number of nitrogens with zero attached hydrogens (tertiary/aromatic N) is 1. The standard InChI is InChI=1S/C18H15ClNO4PS/c19-14-6-7-17-15(10-14)16(12-26-17)20(18(21)11-25(22,23)24)9-8-13-4-2-1-3-5-13/h1-10,12H,11H2,(H2,22,23,24)/b9-8+. The van der Waals surface area contributed by atoms with Gasteiger partial charge in [-0.1, -0.05) is 41.9 Å². The molecule has 0 spiro atoms. The number of carbonyl (C=O) groups is 1. The first-order valence-corrected chi connectivity index (χ1v) is 10.7. The number of halogens is 1. The number of thiophene rings is 1. The number of carbonyl (C=O) groups excluding carboxylic acids is 1. The smallest absolute Gasteiger partial charge is 0.324 e. The maximum absolute atomic E-state index is 12.6. The number of rotatable bonds is 5. The molecular weight excluding hydrogens is 393 g/mol. The van der Waals surface area contributed by atoms with Gasteiger partial charge in [0.1, 0.15) is 6.16 Å². The molecule has 1 aromatic heterocycles. The van der Waals surface area contributed by atoms with E-state index in [0.717, 1.165) is 15.6 Å². The van der Waals surface area contributed by atoms with E-state index in [1.54, 1.807) is 23.6 Å². The lowest BCUT2D eigenvalue weighted by Crippen LogP contribution is -2.27. The van der Waals surface area contributed by atoms with Crippen LogP contribution in [0.4, 0.5) is 5.69 Å². The Morgan fingerprint density at radius 2 is 1.92 bits per heavy atom. The molecule has 1 heterocycles. The highest BCUT2D eigenvalue weighted by Crippen LogP contribution is 2.38. The van der Waals surface area contributed by atoms with Crippen LogP contribution in [0.2, 0.25) is 5.02 Å². The molecule has 0 radical (unpaired) electrons. The Bertz CT molecular complexity index is 1010. The van der Waals surface area contributed by atoms with Crippen LogP contribution in [0, 0.1) is 0 Å². The Morgan fingerprint density at radius 1 is 1.19 bits per heavy atom. The normalized spacial score (nSPS) is 12.0. The molecule has 134 valence electrons. The van der Waals surface area contributed by atoms with E-state index in [2.05, 4.69) is 0 Å². The largest absolute Gasteiger partial charge is 0.334 e. The van der Waals surface area contributed by atoms with Crippen LogP contribution in [0.5, 0.6) is 0 Å². The van der Waals surface area contributed by atoms with Crippen LogP contribution in [0.25, 0.3) is 16.2 Å². The summed E-state index contributed by atoms with van der Waals surface area (Å²) >= 11 is 7.50. The minimum atomic E-state index is -4.49. The molecular formula is C18H15ClNO4PS. The minimum Gasteiger partial charge on any atom is -0.324 e. The lowest BCUT2D eigenvalue weighted by molar-refractivity contribution is -0.115. The molecule has 5 nitrogen and oxygen atoms in total. The summed E-state index contributed by atoms with van der Waals surface area (Å²) in [5.41, 5.74) is 1.40. The van der Waals surface area contributed by atoms with E-state index >= 15 is 0 Å². The Morgan fingerprint density at radius 3 is 2.62 bits per heavy atom. The van der Waals surface area contributed by atoms with Gasteiger partial charge in [0.05, 0.1) is 5.69 Å². The van der Waals surface area contributed by atoms with Crippen molar-refractivity contribution in [2.24, 2.45) is 0 Å². The third-order valence-electron chi connectivity index (χ3n) is 3.60. The number of benzene rings is 2. The van der Waals surface area contributed by atoms with Crippen molar-refractivity contribution in [1.29, 1.82) is 0 Å². The third kappa shape index (κ3) is 4.61. The zero-order valence-electron chi connectivity index (χ0n) is 13.4. The molecule has 2 aromatic carbocycles. The van der Waals surface area contributed by atoms with Crippen LogP contribution in [0.15, 0.2) is 60.1 Å². The number of hydrogen-bond acceptors (Lipinski definition) is 3. The molecule has 0 saturated carbocycles. The van der Waals surface area contributed by atoms with Crippen LogP contribution < -0.4 is 4.90 Å². The predicted molar refractivity (Wildman–Crippen MR) is 107 cm³/mol. The fourth-order valence-electron chi connectivity index (χ4n) is 2.45. The van der Waals surface area contributed by atoms with E-state index in [0.29, 0.717) is 10.7 Å². The van der Waals surface area contributed by atoms with E-state index in [4.69, 9.17) is 11.6 Å². The number of fused-ring (bicyclic) bond motifs is 1. The van der Waals surface area contributed by atoms with Crippen molar-refractivity contribution in [3.05, 3.63) is 70.7 Å². The van der Waals surface area contributed by atoms with Crippen molar-refractivity contribution in [2.75, 3.05) is 11.1 Å². The van der Waals surface area contributed by atoms with Crippen LogP contribution in [0.1, 0.15) is 5.56 Å². The maximum atomic E-state index is 12.6. The summed E-state index contributed by atoms with van der Waals surface area (Å²) in [4.78, 5) is 32.2. The lowest BCUT2D eigenvalue weighted by Gasteiger charge is -2.18. The second kappa shape index (κ2) is 7.74.